The van der Waals surface area contributed by atoms with Crippen molar-refractivity contribution in [3.8, 4) is 17.2 Å². The fourth-order valence-electron chi connectivity index (χ4n) is 2.34. The molecule has 0 aliphatic rings. The maximum absolute atomic E-state index is 5.92. The Morgan fingerprint density at radius 2 is 1.71 bits per heavy atom. The highest BCUT2D eigenvalue weighted by Crippen LogP contribution is 2.30. The molecular formula is C17H22N2O2. The van der Waals surface area contributed by atoms with Gasteiger partial charge in [0, 0.05) is 0 Å². The molecule has 4 heteroatoms. The monoisotopic (exact) mass is 286 g/mol. The Labute approximate surface area is 125 Å². The smallest absolute Gasteiger partial charge is 0.128 e. The van der Waals surface area contributed by atoms with Crippen molar-refractivity contribution in [1.29, 1.82) is 0 Å². The molecule has 3 N–H and O–H groups in total. The van der Waals surface area contributed by atoms with Gasteiger partial charge in [-0.1, -0.05) is 13.3 Å². The number of methoxy groups -OCH3 is 1. The summed E-state index contributed by atoms with van der Waals surface area (Å²) in [7, 11) is 1.65. The predicted octanol–water partition coefficient (Wildman–Crippen LogP) is 4.03. The molecule has 0 heterocycles. The molecule has 2 rings (SSSR count). The van der Waals surface area contributed by atoms with Gasteiger partial charge in [-0.2, -0.15) is 0 Å². The lowest BCUT2D eigenvalue weighted by Gasteiger charge is -2.15. The topological polar surface area (TPSA) is 56.5 Å². The van der Waals surface area contributed by atoms with Crippen LogP contribution in [0.3, 0.4) is 0 Å². The molecule has 0 aliphatic heterocycles. The molecule has 0 radical (unpaired) electrons. The zero-order chi connectivity index (χ0) is 15.2. The molecule has 0 unspecified atom stereocenters. The van der Waals surface area contributed by atoms with E-state index >= 15 is 0 Å². The first-order chi connectivity index (χ1) is 10.2. The Kier molecular flexibility index (Phi) is 5.06. The minimum Gasteiger partial charge on any atom is -0.497 e. The van der Waals surface area contributed by atoms with Crippen LogP contribution in [-0.2, 0) is 6.42 Å². The number of hydrogen-bond acceptors (Lipinski definition) is 4. The number of nitrogens with two attached hydrogens (primary N) is 1. The molecule has 0 amide bonds. The first kappa shape index (κ1) is 15.2. The number of anilines is 1. The summed E-state index contributed by atoms with van der Waals surface area (Å²) < 4.78 is 11.1. The molecule has 0 atom stereocenters. The number of nitrogens with one attached hydrogen (secondary N) is 1. The van der Waals surface area contributed by atoms with E-state index in [9.17, 15) is 0 Å². The molecule has 2 aromatic carbocycles. The largest absolute Gasteiger partial charge is 0.497 e. The molecule has 0 bridgehead atoms. The van der Waals surface area contributed by atoms with E-state index in [0.29, 0.717) is 0 Å². The summed E-state index contributed by atoms with van der Waals surface area (Å²) in [5, 5.41) is 0. The zero-order valence-corrected chi connectivity index (χ0v) is 12.8. The quantitative estimate of drug-likeness (QED) is 0.621. The fourth-order valence-corrected chi connectivity index (χ4v) is 2.34. The number of aryl methyl sites for hydroxylation is 2. The summed E-state index contributed by atoms with van der Waals surface area (Å²) in [6.45, 7) is 4.17. The van der Waals surface area contributed by atoms with E-state index in [1.165, 1.54) is 5.56 Å². The number of rotatable bonds is 6. The van der Waals surface area contributed by atoms with Crippen LogP contribution in [0.15, 0.2) is 36.4 Å². The van der Waals surface area contributed by atoms with Crippen molar-refractivity contribution >= 4 is 5.69 Å². The van der Waals surface area contributed by atoms with Crippen molar-refractivity contribution in [1.82, 2.24) is 0 Å². The van der Waals surface area contributed by atoms with Gasteiger partial charge in [0.2, 0.25) is 0 Å². The van der Waals surface area contributed by atoms with Gasteiger partial charge in [0.15, 0.2) is 0 Å². The molecule has 0 aromatic heterocycles. The van der Waals surface area contributed by atoms with Crippen LogP contribution < -0.4 is 20.7 Å². The normalized spacial score (nSPS) is 10.3. The van der Waals surface area contributed by atoms with Gasteiger partial charge in [-0.05, 0) is 60.9 Å². The summed E-state index contributed by atoms with van der Waals surface area (Å²) in [4.78, 5) is 0. The van der Waals surface area contributed by atoms with E-state index in [1.807, 2.05) is 43.3 Å². The molecule has 0 spiro atoms. The number of nitrogen functional groups attached to an aromatic ring is 1. The van der Waals surface area contributed by atoms with E-state index in [2.05, 4.69) is 12.3 Å². The average molecular weight is 286 g/mol. The number of hydrogen-bond donors (Lipinski definition) is 2. The van der Waals surface area contributed by atoms with Gasteiger partial charge in [-0.25, -0.2) is 0 Å². The number of hydrazine groups is 1. The van der Waals surface area contributed by atoms with Crippen LogP contribution in [-0.4, -0.2) is 7.11 Å². The minimum absolute atomic E-state index is 0.783. The third-order valence-corrected chi connectivity index (χ3v) is 3.35. The van der Waals surface area contributed by atoms with Crippen molar-refractivity contribution in [2.45, 2.75) is 26.7 Å². The van der Waals surface area contributed by atoms with Crippen LogP contribution in [0.1, 0.15) is 24.5 Å². The third kappa shape index (κ3) is 3.67. The van der Waals surface area contributed by atoms with Gasteiger partial charge in [-0.15, -0.1) is 0 Å². The summed E-state index contributed by atoms with van der Waals surface area (Å²) in [6.07, 6.45) is 2.01. The highest BCUT2D eigenvalue weighted by atomic mass is 16.5. The molecule has 0 saturated heterocycles. The number of benzene rings is 2. The maximum Gasteiger partial charge on any atom is 0.128 e. The highest BCUT2D eigenvalue weighted by molar-refractivity contribution is 5.60. The zero-order valence-electron chi connectivity index (χ0n) is 12.8. The van der Waals surface area contributed by atoms with Gasteiger partial charge in [0.05, 0.1) is 12.8 Å². The lowest BCUT2D eigenvalue weighted by atomic mass is 10.0. The summed E-state index contributed by atoms with van der Waals surface area (Å²) >= 11 is 0. The second-order valence-electron chi connectivity index (χ2n) is 4.95. The predicted molar refractivity (Wildman–Crippen MR) is 86.1 cm³/mol. The molecular weight excluding hydrogens is 264 g/mol. The van der Waals surface area contributed by atoms with Gasteiger partial charge < -0.3 is 14.9 Å². The Bertz CT molecular complexity index is 594. The Morgan fingerprint density at radius 1 is 1.05 bits per heavy atom. The molecule has 4 nitrogen and oxygen atoms in total. The first-order valence-electron chi connectivity index (χ1n) is 7.10. The van der Waals surface area contributed by atoms with Crippen LogP contribution in [0.2, 0.25) is 0 Å². The summed E-state index contributed by atoms with van der Waals surface area (Å²) in [6, 6.07) is 11.6. The molecule has 21 heavy (non-hydrogen) atoms. The van der Waals surface area contributed by atoms with Crippen LogP contribution >= 0.6 is 0 Å². The second-order valence-corrected chi connectivity index (χ2v) is 4.95. The lowest BCUT2D eigenvalue weighted by molar-refractivity contribution is 0.413. The van der Waals surface area contributed by atoms with Crippen LogP contribution in [0.25, 0.3) is 0 Å². The van der Waals surface area contributed by atoms with E-state index in [0.717, 1.165) is 41.3 Å². The second kappa shape index (κ2) is 6.99. The van der Waals surface area contributed by atoms with E-state index in [-0.39, 0.29) is 0 Å². The van der Waals surface area contributed by atoms with Crippen molar-refractivity contribution < 1.29 is 9.47 Å². The maximum atomic E-state index is 5.92. The summed E-state index contributed by atoms with van der Waals surface area (Å²) in [5.74, 6) is 8.03. The van der Waals surface area contributed by atoms with Crippen molar-refractivity contribution in [3.63, 3.8) is 0 Å². The van der Waals surface area contributed by atoms with Crippen LogP contribution in [0.4, 0.5) is 5.69 Å². The van der Waals surface area contributed by atoms with Crippen LogP contribution in [0.5, 0.6) is 17.2 Å². The van der Waals surface area contributed by atoms with E-state index < -0.39 is 0 Å². The molecule has 0 saturated carbocycles. The SMILES string of the molecule is CCCc1cc(Oc2ccc(OC)cc2)cc(C)c1NN. The fraction of sp³-hybridized carbons (Fsp3) is 0.294. The van der Waals surface area contributed by atoms with E-state index in [4.69, 9.17) is 15.3 Å². The van der Waals surface area contributed by atoms with E-state index in [1.54, 1.807) is 7.11 Å². The van der Waals surface area contributed by atoms with Gasteiger partial charge in [0.1, 0.15) is 17.2 Å². The van der Waals surface area contributed by atoms with Gasteiger partial charge in [-0.3, -0.25) is 5.84 Å². The molecule has 0 fully saturated rings. The van der Waals surface area contributed by atoms with Crippen molar-refractivity contribution in [2.24, 2.45) is 5.84 Å². The van der Waals surface area contributed by atoms with Crippen molar-refractivity contribution in [2.75, 3.05) is 12.5 Å². The number of ether oxygens (including phenoxy) is 2. The average Bonchev–Trinajstić information content (AvgIpc) is 2.48. The third-order valence-electron chi connectivity index (χ3n) is 3.35. The first-order valence-corrected chi connectivity index (χ1v) is 7.10. The molecule has 112 valence electrons. The highest BCUT2D eigenvalue weighted by Gasteiger charge is 2.08. The molecule has 2 aromatic rings. The Morgan fingerprint density at radius 3 is 2.29 bits per heavy atom. The summed E-state index contributed by atoms with van der Waals surface area (Å²) in [5.41, 5.74) is 6.01. The lowest BCUT2D eigenvalue weighted by Crippen LogP contribution is -2.11. The Balaban J connectivity index is 2.26. The van der Waals surface area contributed by atoms with Gasteiger partial charge >= 0.3 is 0 Å². The van der Waals surface area contributed by atoms with Crippen molar-refractivity contribution in [3.05, 3.63) is 47.5 Å². The molecule has 0 aliphatic carbocycles. The van der Waals surface area contributed by atoms with Gasteiger partial charge in [0.25, 0.3) is 0 Å². The minimum atomic E-state index is 0.783. The Hall–Kier alpha value is -2.20. The van der Waals surface area contributed by atoms with Crippen LogP contribution in [0, 0.1) is 6.92 Å². The standard InChI is InChI=1S/C17H22N2O2/c1-4-5-13-11-16(10-12(2)17(13)19-18)21-15-8-6-14(20-3)7-9-15/h6-11,19H,4-5,18H2,1-3H3.